The first-order valence-corrected chi connectivity index (χ1v) is 14.3. The van der Waals surface area contributed by atoms with Gasteiger partial charge in [-0.1, -0.05) is 0 Å². The summed E-state index contributed by atoms with van der Waals surface area (Å²) in [7, 11) is 0. The minimum absolute atomic E-state index is 0.707. The summed E-state index contributed by atoms with van der Waals surface area (Å²) < 4.78 is 0. The van der Waals surface area contributed by atoms with E-state index in [2.05, 4.69) is 119 Å². The Labute approximate surface area is 175 Å². The maximum atomic E-state index is 5.85. The SMILES string of the molecule is ClCCC/C=C/CP(Br)(c1ccccc1)(c1ccccc1)c1ccccc1. The summed E-state index contributed by atoms with van der Waals surface area (Å²) in [4.78, 5) is 0. The van der Waals surface area contributed by atoms with Gasteiger partial charge in [0.05, 0.1) is 0 Å². The van der Waals surface area contributed by atoms with Crippen LogP contribution in [0.2, 0.25) is 0 Å². The normalized spacial score (nSPS) is 13.3. The Morgan fingerprint density at radius 3 is 1.44 bits per heavy atom. The Hall–Kier alpha value is -1.40. The molecule has 0 saturated heterocycles. The number of hydrogen-bond acceptors (Lipinski definition) is 0. The number of halogens is 2. The first-order valence-electron chi connectivity index (χ1n) is 9.31. The summed E-state index contributed by atoms with van der Waals surface area (Å²) in [6.07, 6.45) is 7.58. The molecule has 0 nitrogen and oxygen atoms in total. The van der Waals surface area contributed by atoms with Crippen molar-refractivity contribution in [1.82, 2.24) is 0 Å². The van der Waals surface area contributed by atoms with Crippen LogP contribution in [0, 0.1) is 0 Å². The van der Waals surface area contributed by atoms with Crippen molar-refractivity contribution in [3.05, 3.63) is 103 Å². The van der Waals surface area contributed by atoms with E-state index in [0.29, 0.717) is 5.88 Å². The van der Waals surface area contributed by atoms with Crippen LogP contribution in [0.25, 0.3) is 0 Å². The van der Waals surface area contributed by atoms with Crippen molar-refractivity contribution in [2.75, 3.05) is 12.0 Å². The van der Waals surface area contributed by atoms with Crippen LogP contribution in [0.1, 0.15) is 12.8 Å². The molecule has 0 spiro atoms. The van der Waals surface area contributed by atoms with Gasteiger partial charge in [0, 0.05) is 0 Å². The molecule has 0 amide bonds. The predicted octanol–water partition coefficient (Wildman–Crippen LogP) is 6.40. The van der Waals surface area contributed by atoms with Gasteiger partial charge in [-0.2, -0.15) is 0 Å². The number of hydrogen-bond donors (Lipinski definition) is 0. The monoisotopic (exact) mass is 458 g/mol. The fraction of sp³-hybridized carbons (Fsp3) is 0.167. The molecule has 0 aromatic heterocycles. The molecular weight excluding hydrogens is 435 g/mol. The second kappa shape index (κ2) is 9.20. The standard InChI is InChI=1S/C24H25BrClP/c25-27(21-13-2-1-12-20-26,22-14-6-3-7-15-22,23-16-8-4-9-17-23)24-18-10-5-11-19-24/h2-11,13-19H,1,12,20-21H2/b13-2+. The maximum absolute atomic E-state index is 5.85. The molecule has 0 aliphatic carbocycles. The summed E-state index contributed by atoms with van der Waals surface area (Å²) >= 11 is 10.3. The molecule has 3 aromatic rings. The van der Waals surface area contributed by atoms with E-state index in [1.807, 2.05) is 0 Å². The van der Waals surface area contributed by atoms with Crippen LogP contribution in [0.5, 0.6) is 0 Å². The molecule has 0 atom stereocenters. The molecule has 3 rings (SSSR count). The van der Waals surface area contributed by atoms with E-state index in [1.165, 1.54) is 15.9 Å². The molecule has 0 fully saturated rings. The summed E-state index contributed by atoms with van der Waals surface area (Å²) in [5, 5.41) is 1.25. The zero-order valence-electron chi connectivity index (χ0n) is 15.3. The van der Waals surface area contributed by atoms with Crippen molar-refractivity contribution in [3.63, 3.8) is 0 Å². The predicted molar refractivity (Wildman–Crippen MR) is 128 cm³/mol. The van der Waals surface area contributed by atoms with Gasteiger partial charge in [0.1, 0.15) is 0 Å². The van der Waals surface area contributed by atoms with E-state index in [0.717, 1.165) is 19.0 Å². The molecule has 0 aliphatic rings. The van der Waals surface area contributed by atoms with Crippen LogP contribution in [-0.2, 0) is 0 Å². The van der Waals surface area contributed by atoms with Crippen LogP contribution in [0.15, 0.2) is 103 Å². The molecule has 140 valence electrons. The molecule has 3 aromatic carbocycles. The first-order chi connectivity index (χ1) is 13.2. The van der Waals surface area contributed by atoms with Crippen LogP contribution in [-0.4, -0.2) is 12.0 Å². The Balaban J connectivity index is 2.24. The molecule has 0 bridgehead atoms. The van der Waals surface area contributed by atoms with E-state index in [1.54, 1.807) is 0 Å². The zero-order valence-corrected chi connectivity index (χ0v) is 18.6. The molecule has 0 N–H and O–H groups in total. The molecule has 0 radical (unpaired) electrons. The van der Waals surface area contributed by atoms with E-state index in [4.69, 9.17) is 11.6 Å². The summed E-state index contributed by atoms with van der Waals surface area (Å²) in [5.41, 5.74) is 0. The van der Waals surface area contributed by atoms with Crippen LogP contribution < -0.4 is 15.9 Å². The summed E-state index contributed by atoms with van der Waals surface area (Å²) in [5.74, 6) is 0.707. The molecule has 27 heavy (non-hydrogen) atoms. The summed E-state index contributed by atoms with van der Waals surface area (Å²) in [6.45, 7) is 0. The third-order valence-corrected chi connectivity index (χ3v) is 14.8. The fourth-order valence-corrected chi connectivity index (χ4v) is 10.8. The zero-order chi connectivity index (χ0) is 19.0. The topological polar surface area (TPSA) is 0 Å². The van der Waals surface area contributed by atoms with Crippen molar-refractivity contribution in [2.45, 2.75) is 12.8 Å². The van der Waals surface area contributed by atoms with E-state index < -0.39 is 5.31 Å². The number of rotatable bonds is 8. The molecule has 0 aliphatic heterocycles. The Morgan fingerprint density at radius 2 is 1.07 bits per heavy atom. The van der Waals surface area contributed by atoms with Gasteiger partial charge in [-0.15, -0.1) is 0 Å². The summed E-state index contributed by atoms with van der Waals surface area (Å²) in [6, 6.07) is 32.7. The van der Waals surface area contributed by atoms with E-state index >= 15 is 0 Å². The second-order valence-corrected chi connectivity index (χ2v) is 16.0. The van der Waals surface area contributed by atoms with Gasteiger partial charge in [0.25, 0.3) is 0 Å². The first kappa shape index (κ1) is 20.3. The van der Waals surface area contributed by atoms with E-state index in [-0.39, 0.29) is 0 Å². The van der Waals surface area contributed by atoms with Gasteiger partial charge in [0.2, 0.25) is 0 Å². The van der Waals surface area contributed by atoms with Gasteiger partial charge in [-0.3, -0.25) is 0 Å². The minimum atomic E-state index is -2.80. The van der Waals surface area contributed by atoms with E-state index in [9.17, 15) is 0 Å². The van der Waals surface area contributed by atoms with Crippen molar-refractivity contribution >= 4 is 48.3 Å². The van der Waals surface area contributed by atoms with Gasteiger partial charge in [-0.25, -0.2) is 0 Å². The number of unbranched alkanes of at least 4 members (excludes halogenated alkanes) is 1. The molecule has 0 unspecified atom stereocenters. The third kappa shape index (κ3) is 4.06. The number of alkyl halides is 1. The van der Waals surface area contributed by atoms with Crippen LogP contribution in [0.3, 0.4) is 0 Å². The Morgan fingerprint density at radius 1 is 0.667 bits per heavy atom. The molecule has 0 heterocycles. The van der Waals surface area contributed by atoms with Gasteiger partial charge >= 0.3 is 176 Å². The average Bonchev–Trinajstić information content (AvgIpc) is 2.75. The molecule has 0 saturated carbocycles. The van der Waals surface area contributed by atoms with Gasteiger partial charge < -0.3 is 0 Å². The third-order valence-electron chi connectivity index (χ3n) is 5.00. The average molecular weight is 460 g/mol. The van der Waals surface area contributed by atoms with Crippen molar-refractivity contribution < 1.29 is 0 Å². The second-order valence-electron chi connectivity index (χ2n) is 6.67. The fourth-order valence-electron chi connectivity index (χ4n) is 3.57. The Kier molecular flexibility index (Phi) is 6.93. The van der Waals surface area contributed by atoms with Crippen LogP contribution >= 0.6 is 32.4 Å². The van der Waals surface area contributed by atoms with Crippen molar-refractivity contribution in [2.24, 2.45) is 0 Å². The Bertz CT molecular complexity index is 763. The van der Waals surface area contributed by atoms with Crippen LogP contribution in [0.4, 0.5) is 0 Å². The number of allylic oxidation sites excluding steroid dienone is 2. The van der Waals surface area contributed by atoms with Crippen molar-refractivity contribution in [3.8, 4) is 0 Å². The molecule has 3 heteroatoms. The number of benzene rings is 3. The quantitative estimate of drug-likeness (QED) is 0.158. The van der Waals surface area contributed by atoms with Crippen molar-refractivity contribution in [1.29, 1.82) is 0 Å². The van der Waals surface area contributed by atoms with Gasteiger partial charge in [0.15, 0.2) is 0 Å². The van der Waals surface area contributed by atoms with Gasteiger partial charge in [-0.05, 0) is 0 Å². The molecular formula is C24H25BrClP.